The highest BCUT2D eigenvalue weighted by Crippen LogP contribution is 2.15. The number of nitrogens with one attached hydrogen (secondary N) is 1. The highest BCUT2D eigenvalue weighted by Gasteiger charge is 2.12. The molecule has 0 radical (unpaired) electrons. The van der Waals surface area contributed by atoms with E-state index in [0.29, 0.717) is 23.1 Å². The molecule has 3 aromatic rings. The Balaban J connectivity index is 1.69. The molecule has 2 aromatic heterocycles. The Morgan fingerprint density at radius 3 is 2.80 bits per heavy atom. The average molecular weight is 353 g/mol. The lowest BCUT2D eigenvalue weighted by atomic mass is 10.2. The van der Waals surface area contributed by atoms with Crippen LogP contribution in [0, 0.1) is 6.92 Å². The monoisotopic (exact) mass is 353 g/mol. The fourth-order valence-corrected chi connectivity index (χ4v) is 2.96. The van der Waals surface area contributed by atoms with Gasteiger partial charge in [0.1, 0.15) is 5.69 Å². The molecule has 3 rings (SSSR count). The number of aromatic nitrogens is 4. The van der Waals surface area contributed by atoms with E-state index in [1.807, 2.05) is 44.2 Å². The van der Waals surface area contributed by atoms with Crippen LogP contribution in [0.4, 0.5) is 5.69 Å². The minimum absolute atomic E-state index is 0.261. The molecule has 0 aliphatic heterocycles. The Hall–Kier alpha value is -2.67. The third-order valence-electron chi connectivity index (χ3n) is 3.42. The van der Waals surface area contributed by atoms with Crippen LogP contribution in [-0.2, 0) is 6.54 Å². The van der Waals surface area contributed by atoms with Crippen molar-refractivity contribution in [2.45, 2.75) is 25.5 Å². The van der Waals surface area contributed by atoms with E-state index >= 15 is 0 Å². The van der Waals surface area contributed by atoms with Crippen molar-refractivity contribution in [2.24, 2.45) is 0 Å². The van der Waals surface area contributed by atoms with E-state index in [1.165, 1.54) is 11.8 Å². The van der Waals surface area contributed by atoms with Crippen molar-refractivity contribution in [3.63, 3.8) is 0 Å². The van der Waals surface area contributed by atoms with E-state index in [-0.39, 0.29) is 5.91 Å². The molecule has 1 amide bonds. The molecule has 0 atom stereocenters. The number of aryl methyl sites for hydroxylation is 1. The van der Waals surface area contributed by atoms with Gasteiger partial charge < -0.3 is 5.32 Å². The Kier molecular flexibility index (Phi) is 5.45. The maximum Gasteiger partial charge on any atom is 0.274 e. The van der Waals surface area contributed by atoms with Gasteiger partial charge in [0, 0.05) is 11.9 Å². The summed E-state index contributed by atoms with van der Waals surface area (Å²) in [6.07, 6.45) is 3.44. The number of amides is 1. The highest BCUT2D eigenvalue weighted by atomic mass is 32.2. The largest absolute Gasteiger partial charge is 0.318 e. The van der Waals surface area contributed by atoms with Gasteiger partial charge in [0.25, 0.3) is 5.91 Å². The lowest BCUT2D eigenvalue weighted by Gasteiger charge is -2.05. The molecule has 0 spiro atoms. The number of rotatable bonds is 6. The van der Waals surface area contributed by atoms with E-state index < -0.39 is 0 Å². The van der Waals surface area contributed by atoms with E-state index in [4.69, 9.17) is 0 Å². The lowest BCUT2D eigenvalue weighted by Crippen LogP contribution is -2.14. The second kappa shape index (κ2) is 7.94. The number of thioether (sulfide) groups is 1. The Morgan fingerprint density at radius 2 is 2.04 bits per heavy atom. The molecule has 6 nitrogen and oxygen atoms in total. The molecular weight excluding hydrogens is 334 g/mol. The van der Waals surface area contributed by atoms with Crippen molar-refractivity contribution in [2.75, 3.05) is 11.1 Å². The van der Waals surface area contributed by atoms with Crippen LogP contribution in [-0.4, -0.2) is 31.4 Å². The number of nitrogens with zero attached hydrogens (tertiary/aromatic N) is 4. The van der Waals surface area contributed by atoms with Crippen molar-refractivity contribution < 1.29 is 4.79 Å². The van der Waals surface area contributed by atoms with Crippen molar-refractivity contribution >= 4 is 23.4 Å². The average Bonchev–Trinajstić information content (AvgIpc) is 3.02. The van der Waals surface area contributed by atoms with Crippen LogP contribution in [0.25, 0.3) is 0 Å². The third kappa shape index (κ3) is 4.67. The molecule has 0 bridgehead atoms. The topological polar surface area (TPSA) is 72.7 Å². The van der Waals surface area contributed by atoms with E-state index in [9.17, 15) is 4.79 Å². The van der Waals surface area contributed by atoms with Gasteiger partial charge in [0.05, 0.1) is 18.4 Å². The molecule has 0 saturated heterocycles. The first-order chi connectivity index (χ1) is 12.1. The van der Waals surface area contributed by atoms with E-state index in [0.717, 1.165) is 17.0 Å². The standard InChI is InChI=1S/C18H19N5OS/c1-3-25-18-20-13(2)9-16(22-18)17(24)21-15-10-19-23(12-15)11-14-7-5-4-6-8-14/h4-10,12H,3,11H2,1-2H3,(H,21,24). The first-order valence-electron chi connectivity index (χ1n) is 8.00. The predicted octanol–water partition coefficient (Wildman–Crippen LogP) is 3.39. The van der Waals surface area contributed by atoms with Crippen LogP contribution in [0.5, 0.6) is 0 Å². The van der Waals surface area contributed by atoms with Gasteiger partial charge in [-0.1, -0.05) is 49.0 Å². The maximum absolute atomic E-state index is 12.4. The van der Waals surface area contributed by atoms with Crippen LogP contribution >= 0.6 is 11.8 Å². The normalized spacial score (nSPS) is 10.6. The van der Waals surface area contributed by atoms with Crippen LogP contribution in [0.1, 0.15) is 28.7 Å². The Morgan fingerprint density at radius 1 is 1.24 bits per heavy atom. The zero-order chi connectivity index (χ0) is 17.6. The number of hydrogen-bond donors (Lipinski definition) is 1. The number of carbonyl (C=O) groups excluding carboxylic acids is 1. The minimum atomic E-state index is -0.261. The number of benzene rings is 1. The highest BCUT2D eigenvalue weighted by molar-refractivity contribution is 7.99. The molecule has 7 heteroatoms. The Labute approximate surface area is 150 Å². The lowest BCUT2D eigenvalue weighted by molar-refractivity contribution is 0.102. The van der Waals surface area contributed by atoms with Crippen molar-refractivity contribution in [3.05, 3.63) is 65.7 Å². The van der Waals surface area contributed by atoms with Crippen LogP contribution < -0.4 is 5.32 Å². The molecule has 1 N–H and O–H groups in total. The number of carbonyl (C=O) groups is 1. The summed E-state index contributed by atoms with van der Waals surface area (Å²) in [7, 11) is 0. The van der Waals surface area contributed by atoms with Gasteiger partial charge in [0.15, 0.2) is 5.16 Å². The summed E-state index contributed by atoms with van der Waals surface area (Å²) in [6.45, 7) is 4.54. The van der Waals surface area contributed by atoms with Gasteiger partial charge in [-0.05, 0) is 24.3 Å². The number of hydrogen-bond acceptors (Lipinski definition) is 5. The summed E-state index contributed by atoms with van der Waals surface area (Å²) in [5, 5.41) is 7.74. The van der Waals surface area contributed by atoms with Gasteiger partial charge in [-0.15, -0.1) is 0 Å². The molecule has 0 unspecified atom stereocenters. The fourth-order valence-electron chi connectivity index (χ4n) is 2.33. The van der Waals surface area contributed by atoms with E-state index in [1.54, 1.807) is 23.1 Å². The fraction of sp³-hybridized carbons (Fsp3) is 0.222. The smallest absolute Gasteiger partial charge is 0.274 e. The zero-order valence-electron chi connectivity index (χ0n) is 14.1. The summed E-state index contributed by atoms with van der Waals surface area (Å²) in [5.74, 6) is 0.597. The zero-order valence-corrected chi connectivity index (χ0v) is 15.0. The molecule has 25 heavy (non-hydrogen) atoms. The van der Waals surface area contributed by atoms with Crippen LogP contribution in [0.2, 0.25) is 0 Å². The molecular formula is C18H19N5OS. The van der Waals surface area contributed by atoms with Gasteiger partial charge in [-0.2, -0.15) is 5.10 Å². The summed E-state index contributed by atoms with van der Waals surface area (Å²) in [5.41, 5.74) is 2.92. The summed E-state index contributed by atoms with van der Waals surface area (Å²) >= 11 is 1.51. The van der Waals surface area contributed by atoms with Gasteiger partial charge in [-0.25, -0.2) is 9.97 Å². The third-order valence-corrected chi connectivity index (χ3v) is 4.15. The molecule has 1 aromatic carbocycles. The van der Waals surface area contributed by atoms with Crippen LogP contribution in [0.3, 0.4) is 0 Å². The first kappa shape index (κ1) is 17.2. The summed E-state index contributed by atoms with van der Waals surface area (Å²) in [6, 6.07) is 11.7. The molecule has 128 valence electrons. The predicted molar refractivity (Wildman–Crippen MR) is 98.9 cm³/mol. The first-order valence-corrected chi connectivity index (χ1v) is 8.99. The molecule has 0 aliphatic rings. The van der Waals surface area contributed by atoms with Gasteiger partial charge in [0.2, 0.25) is 0 Å². The molecule has 0 fully saturated rings. The maximum atomic E-state index is 12.4. The van der Waals surface area contributed by atoms with Crippen molar-refractivity contribution in [1.29, 1.82) is 0 Å². The molecule has 0 saturated carbocycles. The molecule has 0 aliphatic carbocycles. The summed E-state index contributed by atoms with van der Waals surface area (Å²) < 4.78 is 1.79. The van der Waals surface area contributed by atoms with Crippen molar-refractivity contribution in [3.8, 4) is 0 Å². The van der Waals surface area contributed by atoms with Gasteiger partial charge >= 0.3 is 0 Å². The minimum Gasteiger partial charge on any atom is -0.318 e. The van der Waals surface area contributed by atoms with Crippen LogP contribution in [0.15, 0.2) is 53.9 Å². The Bertz CT molecular complexity index is 863. The quantitative estimate of drug-likeness (QED) is 0.543. The van der Waals surface area contributed by atoms with Crippen molar-refractivity contribution in [1.82, 2.24) is 19.7 Å². The molecule has 2 heterocycles. The second-order valence-electron chi connectivity index (χ2n) is 5.48. The second-order valence-corrected chi connectivity index (χ2v) is 6.71. The summed E-state index contributed by atoms with van der Waals surface area (Å²) in [4.78, 5) is 21.1. The SMILES string of the molecule is CCSc1nc(C)cc(C(=O)Nc2cnn(Cc3ccccc3)c2)n1. The van der Waals surface area contributed by atoms with Gasteiger partial charge in [-0.3, -0.25) is 9.48 Å². The number of anilines is 1. The van der Waals surface area contributed by atoms with E-state index in [2.05, 4.69) is 20.4 Å².